The van der Waals surface area contributed by atoms with Gasteiger partial charge in [0.2, 0.25) is 0 Å². The smallest absolute Gasteiger partial charge is 0.215 e. The van der Waals surface area contributed by atoms with Gasteiger partial charge in [0, 0.05) is 0 Å². The van der Waals surface area contributed by atoms with Crippen molar-refractivity contribution >= 4 is 10.8 Å². The molecule has 0 aliphatic carbocycles. The largest absolute Gasteiger partial charge is 0.518 e. The molecule has 3 rings (SSSR count). The summed E-state index contributed by atoms with van der Waals surface area (Å²) in [5.41, 5.74) is -1.82. The lowest BCUT2D eigenvalue weighted by molar-refractivity contribution is -0.868. The van der Waals surface area contributed by atoms with E-state index in [1.807, 2.05) is 0 Å². The first kappa shape index (κ1) is 14.2. The van der Waals surface area contributed by atoms with Crippen LogP contribution in [0.5, 0.6) is 0 Å². The third-order valence-corrected chi connectivity index (χ3v) is 3.49. The van der Waals surface area contributed by atoms with Gasteiger partial charge in [0.1, 0.15) is 0 Å². The highest BCUT2D eigenvalue weighted by Gasteiger charge is 2.89. The van der Waals surface area contributed by atoms with E-state index in [1.54, 1.807) is 0 Å². The Hall–Kier alpha value is -1.80. The second-order valence-electron chi connectivity index (χ2n) is 4.70. The summed E-state index contributed by atoms with van der Waals surface area (Å²) in [5.74, 6) is -17.9. The molecule has 0 saturated heterocycles. The highest BCUT2D eigenvalue weighted by Crippen LogP contribution is 2.60. The molecule has 0 N–H and O–H groups in total. The molecule has 0 atom stereocenters. The number of benzene rings is 1. The van der Waals surface area contributed by atoms with Gasteiger partial charge in [-0.15, -0.1) is 27.0 Å². The van der Waals surface area contributed by atoms with Crippen molar-refractivity contribution in [3.05, 3.63) is 36.2 Å². The molecule has 0 spiro atoms. The quantitative estimate of drug-likeness (QED) is 0.396. The van der Waals surface area contributed by atoms with Gasteiger partial charge in [-0.3, -0.25) is 0 Å². The van der Waals surface area contributed by atoms with Crippen molar-refractivity contribution in [3.8, 4) is 0 Å². The van der Waals surface area contributed by atoms with Crippen molar-refractivity contribution in [1.82, 2.24) is 0 Å². The van der Waals surface area contributed by atoms with Gasteiger partial charge < -0.3 is 0 Å². The summed E-state index contributed by atoms with van der Waals surface area (Å²) in [5, 5.41) is -0.891. The van der Waals surface area contributed by atoms with Crippen LogP contribution in [0.15, 0.2) is 30.5 Å². The number of aromatic nitrogens is 1. The SMILES string of the molecule is FC1(F)c2c3ccccc3[cH-][n+]2C(F)(F)C(F)(F)C1(F)F. The van der Waals surface area contributed by atoms with E-state index in [0.29, 0.717) is 6.20 Å². The second-order valence-corrected chi connectivity index (χ2v) is 4.70. The lowest BCUT2D eigenvalue weighted by Gasteiger charge is -2.39. The molecule has 0 fully saturated rings. The Bertz CT molecular complexity index is 730. The average molecular weight is 315 g/mol. The number of alkyl halides is 8. The number of halogens is 8. The molecule has 1 aliphatic rings. The van der Waals surface area contributed by atoms with E-state index in [0.717, 1.165) is 18.2 Å². The third kappa shape index (κ3) is 1.32. The Kier molecular flexibility index (Phi) is 2.36. The molecule has 1 aromatic heterocycles. The lowest BCUT2D eigenvalue weighted by Crippen LogP contribution is -2.76. The molecule has 1 aliphatic heterocycles. The van der Waals surface area contributed by atoms with E-state index in [9.17, 15) is 35.1 Å². The average Bonchev–Trinajstić information content (AvgIpc) is 2.77. The molecule has 0 radical (unpaired) electrons. The van der Waals surface area contributed by atoms with Crippen molar-refractivity contribution < 1.29 is 39.7 Å². The van der Waals surface area contributed by atoms with Gasteiger partial charge >= 0.3 is 23.8 Å². The summed E-state index contributed by atoms with van der Waals surface area (Å²) in [6.07, 6.45) is 0.321. The number of hydrogen-bond donors (Lipinski definition) is 0. The number of rotatable bonds is 0. The van der Waals surface area contributed by atoms with Crippen molar-refractivity contribution in [1.29, 1.82) is 0 Å². The summed E-state index contributed by atoms with van der Waals surface area (Å²) in [6.45, 7) is 0. The van der Waals surface area contributed by atoms with Gasteiger partial charge in [-0.05, 0) is 0 Å². The van der Waals surface area contributed by atoms with Crippen LogP contribution in [0, 0.1) is 0 Å². The number of hydrogen-bond acceptors (Lipinski definition) is 0. The summed E-state index contributed by atoms with van der Waals surface area (Å²) in [7, 11) is 0. The van der Waals surface area contributed by atoms with Gasteiger partial charge in [0.05, 0.1) is 6.20 Å². The monoisotopic (exact) mass is 315 g/mol. The van der Waals surface area contributed by atoms with Crippen LogP contribution in [-0.4, -0.2) is 11.8 Å². The number of nitrogens with zero attached hydrogens (tertiary/aromatic N) is 1. The van der Waals surface area contributed by atoms with Crippen molar-refractivity contribution in [2.24, 2.45) is 0 Å². The van der Waals surface area contributed by atoms with Crippen LogP contribution in [0.3, 0.4) is 0 Å². The highest BCUT2D eigenvalue weighted by atomic mass is 19.4. The topological polar surface area (TPSA) is 3.88 Å². The maximum atomic E-state index is 13.8. The fourth-order valence-electron chi connectivity index (χ4n) is 2.39. The first-order valence-electron chi connectivity index (χ1n) is 5.58. The van der Waals surface area contributed by atoms with Crippen LogP contribution >= 0.6 is 0 Å². The Balaban J connectivity index is 2.50. The Morgan fingerprint density at radius 1 is 0.810 bits per heavy atom. The minimum absolute atomic E-state index is 0.264. The molecule has 0 unspecified atom stereocenters. The molecular formula is C12H5F8N. The minimum atomic E-state index is -6.23. The predicted octanol–water partition coefficient (Wildman–Crippen LogP) is 3.77. The molecular weight excluding hydrogens is 310 g/mol. The Morgan fingerprint density at radius 3 is 2.00 bits per heavy atom. The molecule has 21 heavy (non-hydrogen) atoms. The standard InChI is InChI=1S/C12H5F8N/c13-9(14)8-7-4-2-1-3-6(7)5-21(8)12(19,20)11(17,18)10(9,15)16/h1-5H. The van der Waals surface area contributed by atoms with Crippen LogP contribution in [0.2, 0.25) is 0 Å². The Morgan fingerprint density at radius 2 is 1.38 bits per heavy atom. The van der Waals surface area contributed by atoms with Gasteiger partial charge in [-0.1, -0.05) is 16.8 Å². The van der Waals surface area contributed by atoms with E-state index in [-0.39, 0.29) is 5.39 Å². The third-order valence-electron chi connectivity index (χ3n) is 3.49. The van der Waals surface area contributed by atoms with Crippen molar-refractivity contribution in [2.45, 2.75) is 23.8 Å². The molecule has 1 nitrogen and oxygen atoms in total. The van der Waals surface area contributed by atoms with Crippen LogP contribution in [-0.2, 0) is 12.0 Å². The van der Waals surface area contributed by atoms with E-state index >= 15 is 0 Å². The van der Waals surface area contributed by atoms with Gasteiger partial charge in [-0.2, -0.15) is 26.3 Å². The summed E-state index contributed by atoms with van der Waals surface area (Å²) in [4.78, 5) is 0. The molecule has 114 valence electrons. The van der Waals surface area contributed by atoms with E-state index < -0.39 is 39.5 Å². The molecule has 2 aromatic rings. The summed E-state index contributed by atoms with van der Waals surface area (Å²) >= 11 is 0. The number of fused-ring (bicyclic) bond motifs is 3. The summed E-state index contributed by atoms with van der Waals surface area (Å²) in [6, 6.07) is -1.07. The Labute approximate surface area is 111 Å². The van der Waals surface area contributed by atoms with Gasteiger partial charge in [-0.25, -0.2) is 4.57 Å². The lowest BCUT2D eigenvalue weighted by atomic mass is 9.93. The zero-order chi connectivity index (χ0) is 15.8. The van der Waals surface area contributed by atoms with E-state index in [4.69, 9.17) is 0 Å². The van der Waals surface area contributed by atoms with Gasteiger partial charge in [0.15, 0.2) is 5.69 Å². The molecule has 0 saturated carbocycles. The normalized spacial score (nSPS) is 24.8. The zero-order valence-corrected chi connectivity index (χ0v) is 9.86. The molecule has 0 amide bonds. The first-order chi connectivity index (χ1) is 9.46. The molecule has 1 aromatic carbocycles. The first-order valence-corrected chi connectivity index (χ1v) is 5.58. The minimum Gasteiger partial charge on any atom is -0.215 e. The van der Waals surface area contributed by atoms with E-state index in [2.05, 4.69) is 0 Å². The second kappa shape index (κ2) is 3.50. The van der Waals surface area contributed by atoms with Crippen molar-refractivity contribution in [3.63, 3.8) is 0 Å². The predicted molar refractivity (Wildman–Crippen MR) is 53.7 cm³/mol. The molecule has 9 heteroatoms. The maximum Gasteiger partial charge on any atom is 0.518 e. The molecule has 2 heterocycles. The molecule has 0 bridgehead atoms. The van der Waals surface area contributed by atoms with Crippen LogP contribution in [0.4, 0.5) is 35.1 Å². The zero-order valence-electron chi connectivity index (χ0n) is 9.86. The van der Waals surface area contributed by atoms with Crippen LogP contribution in [0.25, 0.3) is 10.8 Å². The van der Waals surface area contributed by atoms with E-state index in [1.165, 1.54) is 6.07 Å². The van der Waals surface area contributed by atoms with Crippen LogP contribution in [0.1, 0.15) is 5.69 Å². The highest BCUT2D eigenvalue weighted by molar-refractivity contribution is 5.84. The fourth-order valence-corrected chi connectivity index (χ4v) is 2.39. The van der Waals surface area contributed by atoms with Gasteiger partial charge in [0.25, 0.3) is 0 Å². The maximum absolute atomic E-state index is 13.8. The van der Waals surface area contributed by atoms with Crippen molar-refractivity contribution in [2.75, 3.05) is 0 Å². The fraction of sp³-hybridized carbons (Fsp3) is 0.333. The van der Waals surface area contributed by atoms with Crippen LogP contribution < -0.4 is 4.57 Å². The summed E-state index contributed by atoms with van der Waals surface area (Å²) < 4.78 is 107.